The Morgan fingerprint density at radius 2 is 1.59 bits per heavy atom. The predicted molar refractivity (Wildman–Crippen MR) is 186 cm³/mol. The summed E-state index contributed by atoms with van der Waals surface area (Å²) in [6.45, 7) is 15.0. The minimum absolute atomic E-state index is 0.0363. The van der Waals surface area contributed by atoms with Gasteiger partial charge in [0.2, 0.25) is 11.8 Å². The topological polar surface area (TPSA) is 84.9 Å². The summed E-state index contributed by atoms with van der Waals surface area (Å²) in [6.07, 6.45) is 8.04. The molecule has 46 heavy (non-hydrogen) atoms. The zero-order valence-electron chi connectivity index (χ0n) is 28.3. The van der Waals surface area contributed by atoms with Crippen LogP contribution in [0.25, 0.3) is 0 Å². The number of hydrogen-bond donors (Lipinski definition) is 1. The van der Waals surface area contributed by atoms with Crippen molar-refractivity contribution < 1.29 is 23.5 Å². The summed E-state index contributed by atoms with van der Waals surface area (Å²) < 4.78 is 12.5. The fourth-order valence-corrected chi connectivity index (χ4v) is 12.0. The molecule has 5 atom stereocenters. The van der Waals surface area contributed by atoms with Gasteiger partial charge in [-0.05, 0) is 60.4 Å². The molecule has 2 aliphatic rings. The number of carbonyl (C=O) groups is 3. The van der Waals surface area contributed by atoms with E-state index < -0.39 is 31.7 Å². The van der Waals surface area contributed by atoms with Crippen molar-refractivity contribution in [2.75, 3.05) is 20.7 Å². The van der Waals surface area contributed by atoms with Gasteiger partial charge in [-0.1, -0.05) is 93.6 Å². The van der Waals surface area contributed by atoms with Crippen molar-refractivity contribution in [1.82, 2.24) is 10.2 Å². The highest BCUT2D eigenvalue weighted by atomic mass is 28.4. The molecule has 248 valence electrons. The fraction of sp³-hybridized carbons (Fsp3) is 0.500. The fourth-order valence-electron chi connectivity index (χ4n) is 7.29. The van der Waals surface area contributed by atoms with E-state index in [0.29, 0.717) is 32.2 Å². The Bertz CT molecular complexity index is 1330. The zero-order valence-corrected chi connectivity index (χ0v) is 29.3. The number of benzene rings is 2. The Hall–Kier alpha value is -3.49. The van der Waals surface area contributed by atoms with Gasteiger partial charge in [0.05, 0.1) is 13.0 Å². The Morgan fingerprint density at radius 3 is 2.09 bits per heavy atom. The third kappa shape index (κ3) is 7.23. The molecular formula is C38H52N2O5Si. The van der Waals surface area contributed by atoms with Crippen molar-refractivity contribution >= 4 is 36.5 Å². The van der Waals surface area contributed by atoms with Crippen molar-refractivity contribution in [1.29, 1.82) is 0 Å². The number of methoxy groups -OCH3 is 1. The zero-order chi connectivity index (χ0) is 33.5. The molecule has 4 rings (SSSR count). The Kier molecular flexibility index (Phi) is 11.5. The van der Waals surface area contributed by atoms with Crippen LogP contribution in [-0.4, -0.2) is 63.3 Å². The van der Waals surface area contributed by atoms with E-state index in [1.807, 2.05) is 25.3 Å². The second-order valence-electron chi connectivity index (χ2n) is 14.0. The number of esters is 1. The lowest BCUT2D eigenvalue weighted by Crippen LogP contribution is -2.68. The number of carbonyl (C=O) groups excluding carboxylic acids is 3. The molecule has 0 heterocycles. The highest BCUT2D eigenvalue weighted by molar-refractivity contribution is 6.99. The van der Waals surface area contributed by atoms with E-state index in [1.165, 1.54) is 17.5 Å². The Labute approximate surface area is 276 Å². The standard InChI is InChI=1S/C38H52N2O5Si/c1-8-10-11-18-25-40(6)35(42)32-24-23-29(26-33(32)34(41)39-38(36(43)44-7)27-28(38)9-2)45-46(37(3,4)5,30-19-14-12-15-20-30)31-21-16-13-17-22-31/h8-9,12-17,19-22,28-29,32-33H,1-2,10-11,18,23-27H2,3-7H3,(H,39,41)/t28-,29-,32-,33-,38-/m1/s1. The summed E-state index contributed by atoms with van der Waals surface area (Å²) in [5, 5.41) is 5.15. The monoisotopic (exact) mass is 644 g/mol. The second-order valence-corrected chi connectivity index (χ2v) is 18.2. The maximum atomic E-state index is 14.2. The lowest BCUT2D eigenvalue weighted by molar-refractivity contribution is -0.149. The van der Waals surface area contributed by atoms with E-state index in [0.717, 1.165) is 19.3 Å². The summed E-state index contributed by atoms with van der Waals surface area (Å²) in [6, 6.07) is 20.9. The van der Waals surface area contributed by atoms with Crippen molar-refractivity contribution in [2.24, 2.45) is 17.8 Å². The van der Waals surface area contributed by atoms with Crippen LogP contribution >= 0.6 is 0 Å². The molecule has 8 heteroatoms. The second kappa shape index (κ2) is 14.9. The molecule has 0 saturated heterocycles. The van der Waals surface area contributed by atoms with Gasteiger partial charge < -0.3 is 19.4 Å². The Balaban J connectivity index is 1.68. The minimum atomic E-state index is -2.90. The van der Waals surface area contributed by atoms with E-state index in [1.54, 1.807) is 11.0 Å². The van der Waals surface area contributed by atoms with E-state index >= 15 is 0 Å². The van der Waals surface area contributed by atoms with Crippen molar-refractivity contribution in [3.05, 3.63) is 86.0 Å². The molecule has 0 spiro atoms. The highest BCUT2D eigenvalue weighted by Gasteiger charge is 2.62. The van der Waals surface area contributed by atoms with Crippen LogP contribution in [0.3, 0.4) is 0 Å². The van der Waals surface area contributed by atoms with Crippen molar-refractivity contribution in [2.45, 2.75) is 82.4 Å². The van der Waals surface area contributed by atoms with Crippen LogP contribution in [0.15, 0.2) is 86.0 Å². The number of ether oxygens (including phenoxy) is 1. The summed E-state index contributed by atoms with van der Waals surface area (Å²) >= 11 is 0. The third-order valence-electron chi connectivity index (χ3n) is 9.94. The number of nitrogens with one attached hydrogen (secondary N) is 1. The molecule has 7 nitrogen and oxygen atoms in total. The van der Waals surface area contributed by atoms with E-state index in [2.05, 4.69) is 87.8 Å². The molecule has 0 aliphatic heterocycles. The number of hydrogen-bond acceptors (Lipinski definition) is 5. The average Bonchev–Trinajstić information content (AvgIpc) is 3.78. The summed E-state index contributed by atoms with van der Waals surface area (Å²) in [5.74, 6) is -2.20. The van der Waals surface area contributed by atoms with Crippen LogP contribution in [0.1, 0.15) is 65.7 Å². The molecule has 0 bridgehead atoms. The van der Waals surface area contributed by atoms with Gasteiger partial charge in [-0.3, -0.25) is 9.59 Å². The van der Waals surface area contributed by atoms with Crippen molar-refractivity contribution in [3.8, 4) is 0 Å². The molecule has 2 aromatic rings. The maximum absolute atomic E-state index is 14.2. The first kappa shape index (κ1) is 35.4. The maximum Gasteiger partial charge on any atom is 0.332 e. The smallest absolute Gasteiger partial charge is 0.332 e. The largest absolute Gasteiger partial charge is 0.467 e. The van der Waals surface area contributed by atoms with Crippen LogP contribution in [0, 0.1) is 17.8 Å². The SMILES string of the molecule is C=CCCCCN(C)C(=O)[C@@H]1CC[C@@H](O[Si](c2ccccc2)(c2ccccc2)C(C)(C)C)C[C@H]1C(=O)N[C@]1(C(=O)OC)C[C@H]1C=C. The third-order valence-corrected chi connectivity index (χ3v) is 15.0. The van der Waals surface area contributed by atoms with E-state index in [-0.39, 0.29) is 28.9 Å². The summed E-state index contributed by atoms with van der Waals surface area (Å²) in [5.41, 5.74) is -1.14. The van der Waals surface area contributed by atoms with E-state index in [9.17, 15) is 14.4 Å². The van der Waals surface area contributed by atoms with Crippen molar-refractivity contribution in [3.63, 3.8) is 0 Å². The van der Waals surface area contributed by atoms with Gasteiger partial charge in [0, 0.05) is 31.5 Å². The first-order valence-corrected chi connectivity index (χ1v) is 18.5. The molecule has 2 amide bonds. The van der Waals surface area contributed by atoms with Crippen LogP contribution < -0.4 is 15.7 Å². The number of nitrogens with zero attached hydrogens (tertiary/aromatic N) is 1. The van der Waals surface area contributed by atoms with Gasteiger partial charge in [-0.25, -0.2) is 4.79 Å². The average molecular weight is 645 g/mol. The van der Waals surface area contributed by atoms with Crippen LogP contribution in [0.5, 0.6) is 0 Å². The van der Waals surface area contributed by atoms with Gasteiger partial charge >= 0.3 is 5.97 Å². The minimum Gasteiger partial charge on any atom is -0.467 e. The number of amides is 2. The van der Waals surface area contributed by atoms with E-state index in [4.69, 9.17) is 9.16 Å². The van der Waals surface area contributed by atoms with Crippen LogP contribution in [0.4, 0.5) is 0 Å². The van der Waals surface area contributed by atoms with Gasteiger partial charge in [-0.15, -0.1) is 13.2 Å². The van der Waals surface area contributed by atoms with Crippen LogP contribution in [0.2, 0.25) is 5.04 Å². The Morgan fingerprint density at radius 1 is 0.978 bits per heavy atom. The molecule has 0 unspecified atom stereocenters. The van der Waals surface area contributed by atoms with Gasteiger partial charge in [0.1, 0.15) is 5.54 Å². The lowest BCUT2D eigenvalue weighted by atomic mass is 9.76. The summed E-state index contributed by atoms with van der Waals surface area (Å²) in [4.78, 5) is 42.8. The van der Waals surface area contributed by atoms with Gasteiger partial charge in [-0.2, -0.15) is 0 Å². The molecule has 2 aliphatic carbocycles. The number of rotatable bonds is 14. The van der Waals surface area contributed by atoms with Crippen LogP contribution in [-0.2, 0) is 23.5 Å². The first-order valence-electron chi connectivity index (χ1n) is 16.6. The van der Waals surface area contributed by atoms with Gasteiger partial charge in [0.25, 0.3) is 8.32 Å². The first-order chi connectivity index (χ1) is 21.9. The molecule has 0 aromatic heterocycles. The molecule has 1 N–H and O–H groups in total. The normalized spacial score (nSPS) is 24.4. The summed E-state index contributed by atoms with van der Waals surface area (Å²) in [7, 11) is 0.255. The number of allylic oxidation sites excluding steroid dienone is 1. The quantitative estimate of drug-likeness (QED) is 0.129. The predicted octanol–water partition coefficient (Wildman–Crippen LogP) is 5.40. The van der Waals surface area contributed by atoms with Gasteiger partial charge in [0.15, 0.2) is 0 Å². The highest BCUT2D eigenvalue weighted by Crippen LogP contribution is 2.47. The molecule has 0 radical (unpaired) electrons. The molecule has 2 aromatic carbocycles. The molecule has 2 saturated carbocycles. The molecule has 2 fully saturated rings. The lowest BCUT2D eigenvalue weighted by Gasteiger charge is -2.47. The molecular weight excluding hydrogens is 593 g/mol. The number of unbranched alkanes of at least 4 members (excludes halogenated alkanes) is 2.